The molecule has 0 radical (unpaired) electrons. The summed E-state index contributed by atoms with van der Waals surface area (Å²) in [5.41, 5.74) is -5.38. The van der Waals surface area contributed by atoms with E-state index in [0.717, 1.165) is 12.1 Å². The second kappa shape index (κ2) is 11.3. The van der Waals surface area contributed by atoms with Gasteiger partial charge >= 0.3 is 63.5 Å². The first-order valence-electron chi connectivity index (χ1n) is 12.5. The van der Waals surface area contributed by atoms with Gasteiger partial charge in [-0.1, -0.05) is 47.6 Å². The van der Waals surface area contributed by atoms with Crippen LogP contribution < -0.4 is 0 Å². The Morgan fingerprint density at radius 2 is 1.00 bits per heavy atom. The molecule has 0 aliphatic heterocycles. The fourth-order valence-corrected chi connectivity index (χ4v) is 5.23. The van der Waals surface area contributed by atoms with Crippen molar-refractivity contribution in [3.05, 3.63) is 60.2 Å². The Balaban J connectivity index is 2.02. The second-order valence-corrected chi connectivity index (χ2v) is 11.9. The number of rotatable bonds is 11. The molecule has 0 bridgehead atoms. The maximum Gasteiger partial charge on any atom is 0.460 e. The first kappa shape index (κ1) is 38.8. The summed E-state index contributed by atoms with van der Waals surface area (Å²) in [7, 11) is -8.32. The number of benzene rings is 4. The van der Waals surface area contributed by atoms with Crippen LogP contribution >= 0.6 is 0 Å². The van der Waals surface area contributed by atoms with Gasteiger partial charge in [0.2, 0.25) is 0 Å². The largest absolute Gasteiger partial charge is 0.460 e. The zero-order valence-electron chi connectivity index (χ0n) is 23.0. The Kier molecular flexibility index (Phi) is 8.74. The highest BCUT2D eigenvalue weighted by atomic mass is 32.2. The molecule has 0 aliphatic carbocycles. The Bertz CT molecular complexity index is 2010. The molecule has 0 saturated carbocycles. The topological polar surface area (TPSA) is 55.7 Å². The van der Waals surface area contributed by atoms with Crippen molar-refractivity contribution in [1.82, 2.24) is 0 Å². The highest BCUT2D eigenvalue weighted by Gasteiger charge is 2.87. The van der Waals surface area contributed by atoms with E-state index in [0.29, 0.717) is 10.8 Å². The summed E-state index contributed by atoms with van der Waals surface area (Å²) < 4.78 is 287. The monoisotopic (exact) mass is 777 g/mol. The average molecular weight is 777 g/mol. The quantitative estimate of drug-likeness (QED) is 0.0660. The summed E-state index contributed by atoms with van der Waals surface area (Å²) >= 11 is 0. The van der Waals surface area contributed by atoms with Gasteiger partial charge in [0.15, 0.2) is 5.71 Å². The van der Waals surface area contributed by atoms with Crippen LogP contribution in [0.3, 0.4) is 0 Å². The minimum Gasteiger partial charge on any atom is -0.263 e. The SMILES string of the molecule is O=S(=O)(ON=C(c1cc2ccc3cccc4ccc(c1)c2c34)C(F)(F)C(F)(F)C(F)(F)C(F)(F)C(F)F)C(F)(F)C(F)(F)C(F)(F)C(F)(F)F. The van der Waals surface area contributed by atoms with Crippen LogP contribution in [0.1, 0.15) is 5.56 Å². The van der Waals surface area contributed by atoms with Crippen LogP contribution in [0.5, 0.6) is 0 Å². The predicted octanol–water partition coefficient (Wildman–Crippen LogP) is 9.87. The third-order valence-corrected chi connectivity index (χ3v) is 8.33. The van der Waals surface area contributed by atoms with E-state index in [1.165, 1.54) is 35.5 Å². The molecule has 0 aliphatic rings. The van der Waals surface area contributed by atoms with E-state index < -0.39 is 85.6 Å². The Morgan fingerprint density at radius 1 is 0.580 bits per heavy atom. The smallest absolute Gasteiger partial charge is 0.263 e. The lowest BCUT2D eigenvalue weighted by Crippen LogP contribution is -2.66. The van der Waals surface area contributed by atoms with Gasteiger partial charge in [0.25, 0.3) is 0 Å². The average Bonchev–Trinajstić information content (AvgIpc) is 2.98. The fraction of sp³-hybridized carbons (Fsp3) is 0.346. The molecule has 24 heteroatoms. The molecule has 4 aromatic rings. The van der Waals surface area contributed by atoms with E-state index in [4.69, 9.17) is 0 Å². The Labute approximate surface area is 263 Å². The van der Waals surface area contributed by atoms with Crippen molar-refractivity contribution in [2.45, 2.75) is 53.4 Å². The molecule has 4 aromatic carbocycles. The molecule has 0 spiro atoms. The molecule has 0 N–H and O–H groups in total. The molecule has 0 aromatic heterocycles. The van der Waals surface area contributed by atoms with Gasteiger partial charge in [-0.15, -0.1) is 0 Å². The van der Waals surface area contributed by atoms with Crippen LogP contribution in [0.25, 0.3) is 32.3 Å². The Morgan fingerprint density at radius 3 is 1.42 bits per heavy atom. The van der Waals surface area contributed by atoms with E-state index in [1.54, 1.807) is 0 Å². The highest BCUT2D eigenvalue weighted by Crippen LogP contribution is 2.57. The summed E-state index contributed by atoms with van der Waals surface area (Å²) in [5.74, 6) is -46.5. The van der Waals surface area contributed by atoms with Gasteiger partial charge in [0, 0.05) is 5.56 Å². The van der Waals surface area contributed by atoms with Crippen molar-refractivity contribution in [1.29, 1.82) is 0 Å². The van der Waals surface area contributed by atoms with E-state index in [2.05, 4.69) is 4.28 Å². The van der Waals surface area contributed by atoms with Crippen LogP contribution in [0.2, 0.25) is 0 Å². The minimum atomic E-state index is -8.32. The van der Waals surface area contributed by atoms with Gasteiger partial charge in [-0.2, -0.15) is 83.1 Å². The van der Waals surface area contributed by atoms with Crippen molar-refractivity contribution < 1.29 is 96.1 Å². The molecular weight excluding hydrogens is 767 g/mol. The number of halogens is 19. The number of hydrogen-bond donors (Lipinski definition) is 0. The summed E-state index contributed by atoms with van der Waals surface area (Å²) in [6, 6.07) is 9.13. The van der Waals surface area contributed by atoms with E-state index in [9.17, 15) is 83.1 Å². The maximum atomic E-state index is 15.4. The fourth-order valence-electron chi connectivity index (χ4n) is 4.52. The second-order valence-electron chi connectivity index (χ2n) is 10.3. The van der Waals surface area contributed by atoms with Crippen molar-refractivity contribution >= 4 is 48.1 Å². The lowest BCUT2D eigenvalue weighted by atomic mass is 9.88. The first-order chi connectivity index (χ1) is 22.3. The third-order valence-electron chi connectivity index (χ3n) is 7.17. The number of hydrogen-bond acceptors (Lipinski definition) is 4. The lowest BCUT2D eigenvalue weighted by molar-refractivity contribution is -0.382. The molecule has 0 unspecified atom stereocenters. The van der Waals surface area contributed by atoms with Crippen LogP contribution in [-0.4, -0.2) is 67.5 Å². The van der Waals surface area contributed by atoms with Gasteiger partial charge in [-0.25, -0.2) is 8.78 Å². The Hall–Kier alpha value is -3.99. The molecule has 4 rings (SSSR count). The third kappa shape index (κ3) is 5.21. The van der Waals surface area contributed by atoms with Gasteiger partial charge in [0.05, 0.1) is 0 Å². The normalized spacial score (nSPS) is 15.6. The lowest BCUT2D eigenvalue weighted by Gasteiger charge is -2.36. The van der Waals surface area contributed by atoms with Crippen molar-refractivity contribution in [2.75, 3.05) is 0 Å². The van der Waals surface area contributed by atoms with Gasteiger partial charge in [0.1, 0.15) is 0 Å². The first-order valence-corrected chi connectivity index (χ1v) is 13.9. The molecule has 0 amide bonds. The molecule has 0 saturated heterocycles. The predicted molar refractivity (Wildman–Crippen MR) is 133 cm³/mol. The highest BCUT2D eigenvalue weighted by molar-refractivity contribution is 7.87. The minimum absolute atomic E-state index is 0.00226. The number of alkyl halides is 19. The van der Waals surface area contributed by atoms with E-state index in [-0.39, 0.29) is 22.9 Å². The zero-order valence-corrected chi connectivity index (χ0v) is 23.9. The number of oxime groups is 1. The molecule has 0 atom stereocenters. The summed E-state index contributed by atoms with van der Waals surface area (Å²) in [5, 5.41) is -6.18. The van der Waals surface area contributed by atoms with Gasteiger partial charge in [-0.05, 0) is 44.5 Å². The van der Waals surface area contributed by atoms with E-state index in [1.807, 2.05) is 0 Å². The van der Waals surface area contributed by atoms with Crippen molar-refractivity contribution in [2.24, 2.45) is 5.16 Å². The van der Waals surface area contributed by atoms with Gasteiger partial charge in [-0.3, -0.25) is 4.28 Å². The molecule has 0 heterocycles. The summed E-state index contributed by atoms with van der Waals surface area (Å²) in [4.78, 5) is 0. The molecule has 0 fully saturated rings. The standard InChI is InChI=1S/C26H10F19NO3S/c27-18(28)20(31,32)22(35,36)21(33,34)19(29,30)17(46-49-50(47,48)26(44,45)24(39,40)23(37,38)25(41,42)43)14-8-12-6-4-10-2-1-3-11-5-7-13(9-14)16(12)15(10)11/h1-9,18H. The molecule has 276 valence electrons. The molecule has 4 nitrogen and oxygen atoms in total. The summed E-state index contributed by atoms with van der Waals surface area (Å²) in [6.45, 7) is 0. The summed E-state index contributed by atoms with van der Waals surface area (Å²) in [6.07, 6.45) is -13.5. The van der Waals surface area contributed by atoms with Crippen molar-refractivity contribution in [3.8, 4) is 0 Å². The van der Waals surface area contributed by atoms with Gasteiger partial charge < -0.3 is 0 Å². The van der Waals surface area contributed by atoms with E-state index >= 15 is 8.78 Å². The van der Waals surface area contributed by atoms with Crippen LogP contribution in [0.4, 0.5) is 83.4 Å². The zero-order chi connectivity index (χ0) is 38.5. The number of nitrogens with zero attached hydrogens (tertiary/aromatic N) is 1. The maximum absolute atomic E-state index is 15.4. The molecule has 50 heavy (non-hydrogen) atoms. The molecular formula is C26H10F19NO3S. The van der Waals surface area contributed by atoms with Crippen LogP contribution in [-0.2, 0) is 14.4 Å². The van der Waals surface area contributed by atoms with Crippen LogP contribution in [0, 0.1) is 0 Å². The van der Waals surface area contributed by atoms with Crippen molar-refractivity contribution in [3.63, 3.8) is 0 Å². The van der Waals surface area contributed by atoms with Crippen LogP contribution in [0.15, 0.2) is 59.8 Å².